The van der Waals surface area contributed by atoms with Crippen molar-refractivity contribution in [2.75, 3.05) is 13.7 Å². The molecule has 0 atom stereocenters. The van der Waals surface area contributed by atoms with Crippen LogP contribution >= 0.6 is 0 Å². The highest BCUT2D eigenvalue weighted by atomic mass is 16.5. The summed E-state index contributed by atoms with van der Waals surface area (Å²) in [5.74, 6) is -0.129. The van der Waals surface area contributed by atoms with Gasteiger partial charge < -0.3 is 14.9 Å². The first kappa shape index (κ1) is 12.4. The van der Waals surface area contributed by atoms with Crippen LogP contribution in [0.3, 0.4) is 0 Å². The number of carboxylic acids is 1. The lowest BCUT2D eigenvalue weighted by Crippen LogP contribution is -2.07. The second kappa shape index (κ2) is 6.02. The smallest absolute Gasteiger partial charge is 0.308 e. The molecule has 0 unspecified atom stereocenters. The van der Waals surface area contributed by atoms with Gasteiger partial charge >= 0.3 is 5.97 Å². The Bertz CT molecular complexity index is 368. The van der Waals surface area contributed by atoms with Crippen LogP contribution in [0.5, 0.6) is 5.88 Å². The van der Waals surface area contributed by atoms with Gasteiger partial charge in [0, 0.05) is 24.8 Å². The summed E-state index contributed by atoms with van der Waals surface area (Å²) in [4.78, 5) is 18.6. The fourth-order valence-corrected chi connectivity index (χ4v) is 1.24. The van der Waals surface area contributed by atoms with Gasteiger partial charge in [-0.15, -0.1) is 0 Å². The average molecular weight is 226 g/mol. The SMILES string of the molecule is COc1nc(CCCO)ncc1CC(=O)O. The number of methoxy groups -OCH3 is 1. The maximum atomic E-state index is 10.5. The third-order valence-electron chi connectivity index (χ3n) is 1.97. The molecule has 0 bridgehead atoms. The molecule has 16 heavy (non-hydrogen) atoms. The number of nitrogens with zero attached hydrogens (tertiary/aromatic N) is 2. The highest BCUT2D eigenvalue weighted by molar-refractivity contribution is 5.70. The van der Waals surface area contributed by atoms with Crippen molar-refractivity contribution < 1.29 is 19.7 Å². The fraction of sp³-hybridized carbons (Fsp3) is 0.500. The lowest BCUT2D eigenvalue weighted by atomic mass is 10.2. The molecule has 2 N–H and O–H groups in total. The number of aliphatic hydroxyl groups excluding tert-OH is 1. The summed E-state index contributed by atoms with van der Waals surface area (Å²) in [6.07, 6.45) is 2.40. The zero-order valence-corrected chi connectivity index (χ0v) is 9.01. The highest BCUT2D eigenvalue weighted by Crippen LogP contribution is 2.15. The van der Waals surface area contributed by atoms with Crippen LogP contribution in [0.15, 0.2) is 6.20 Å². The van der Waals surface area contributed by atoms with Crippen molar-refractivity contribution >= 4 is 5.97 Å². The Balaban J connectivity index is 2.83. The van der Waals surface area contributed by atoms with Crippen LogP contribution in [-0.2, 0) is 17.6 Å². The summed E-state index contributed by atoms with van der Waals surface area (Å²) in [5, 5.41) is 17.3. The Morgan fingerprint density at radius 2 is 2.31 bits per heavy atom. The molecule has 88 valence electrons. The van der Waals surface area contributed by atoms with E-state index in [-0.39, 0.29) is 18.9 Å². The quantitative estimate of drug-likeness (QED) is 0.711. The topological polar surface area (TPSA) is 92.5 Å². The Hall–Kier alpha value is -1.69. The Morgan fingerprint density at radius 1 is 1.56 bits per heavy atom. The number of carbonyl (C=O) groups is 1. The number of hydrogen-bond donors (Lipinski definition) is 2. The highest BCUT2D eigenvalue weighted by Gasteiger charge is 2.10. The number of aliphatic hydroxyl groups is 1. The third-order valence-corrected chi connectivity index (χ3v) is 1.97. The third kappa shape index (κ3) is 3.47. The van der Waals surface area contributed by atoms with Gasteiger partial charge in [-0.1, -0.05) is 0 Å². The van der Waals surface area contributed by atoms with Crippen molar-refractivity contribution in [2.24, 2.45) is 0 Å². The van der Waals surface area contributed by atoms with E-state index in [2.05, 4.69) is 9.97 Å². The van der Waals surface area contributed by atoms with E-state index in [0.29, 0.717) is 24.2 Å². The second-order valence-electron chi connectivity index (χ2n) is 3.22. The fourth-order valence-electron chi connectivity index (χ4n) is 1.24. The summed E-state index contributed by atoms with van der Waals surface area (Å²) in [6.45, 7) is 0.0720. The molecule has 0 saturated heterocycles. The summed E-state index contributed by atoms with van der Waals surface area (Å²) in [6, 6.07) is 0. The van der Waals surface area contributed by atoms with E-state index in [1.807, 2.05) is 0 Å². The largest absolute Gasteiger partial charge is 0.481 e. The van der Waals surface area contributed by atoms with E-state index in [4.69, 9.17) is 14.9 Å². The van der Waals surface area contributed by atoms with Gasteiger partial charge in [0.1, 0.15) is 5.82 Å². The van der Waals surface area contributed by atoms with Gasteiger partial charge in [-0.25, -0.2) is 4.98 Å². The van der Waals surface area contributed by atoms with Crippen LogP contribution in [0, 0.1) is 0 Å². The second-order valence-corrected chi connectivity index (χ2v) is 3.22. The Morgan fingerprint density at radius 3 is 2.88 bits per heavy atom. The molecule has 6 nitrogen and oxygen atoms in total. The molecular weight excluding hydrogens is 212 g/mol. The van der Waals surface area contributed by atoms with Gasteiger partial charge in [-0.3, -0.25) is 4.79 Å². The van der Waals surface area contributed by atoms with Crippen molar-refractivity contribution in [1.82, 2.24) is 9.97 Å². The normalized spacial score (nSPS) is 10.1. The summed E-state index contributed by atoms with van der Waals surface area (Å²) in [7, 11) is 1.43. The minimum absolute atomic E-state index is 0.0720. The maximum Gasteiger partial charge on any atom is 0.308 e. The standard InChI is InChI=1S/C10H14N2O4/c1-16-10-7(5-9(14)15)6-11-8(12-10)3-2-4-13/h6,13H,2-5H2,1H3,(H,14,15). The number of aromatic nitrogens is 2. The van der Waals surface area contributed by atoms with Gasteiger partial charge in [0.05, 0.1) is 13.5 Å². The van der Waals surface area contributed by atoms with Crippen LogP contribution in [-0.4, -0.2) is 39.9 Å². The average Bonchev–Trinajstić information content (AvgIpc) is 2.27. The summed E-state index contributed by atoms with van der Waals surface area (Å²) in [5.41, 5.74) is 0.447. The van der Waals surface area contributed by atoms with Crippen LogP contribution < -0.4 is 4.74 Å². The van der Waals surface area contributed by atoms with Crippen molar-refractivity contribution in [3.8, 4) is 5.88 Å². The lowest BCUT2D eigenvalue weighted by Gasteiger charge is -2.06. The number of carboxylic acid groups (broad SMARTS) is 1. The van der Waals surface area contributed by atoms with Gasteiger partial charge in [0.2, 0.25) is 5.88 Å². The van der Waals surface area contributed by atoms with Crippen molar-refractivity contribution in [1.29, 1.82) is 0 Å². The molecule has 1 rings (SSSR count). The molecule has 0 radical (unpaired) electrons. The van der Waals surface area contributed by atoms with Crippen LogP contribution in [0.2, 0.25) is 0 Å². The van der Waals surface area contributed by atoms with Gasteiger partial charge in [0.25, 0.3) is 0 Å². The van der Waals surface area contributed by atoms with Crippen LogP contribution in [0.1, 0.15) is 17.8 Å². The van der Waals surface area contributed by atoms with E-state index in [0.717, 1.165) is 0 Å². The number of hydrogen-bond acceptors (Lipinski definition) is 5. The van der Waals surface area contributed by atoms with Gasteiger partial charge in [-0.05, 0) is 6.42 Å². The van der Waals surface area contributed by atoms with E-state index >= 15 is 0 Å². The first-order chi connectivity index (χ1) is 7.67. The lowest BCUT2D eigenvalue weighted by molar-refractivity contribution is -0.136. The minimum Gasteiger partial charge on any atom is -0.481 e. The molecule has 0 aliphatic rings. The van der Waals surface area contributed by atoms with Crippen molar-refractivity contribution in [3.05, 3.63) is 17.6 Å². The Labute approximate surface area is 92.9 Å². The molecule has 6 heteroatoms. The minimum atomic E-state index is -0.954. The van der Waals surface area contributed by atoms with E-state index in [1.165, 1.54) is 13.3 Å². The van der Waals surface area contributed by atoms with Gasteiger partial charge in [-0.2, -0.15) is 4.98 Å². The predicted octanol–water partition coefficient (Wildman–Crippen LogP) is 0.0372. The number of aliphatic carboxylic acids is 1. The Kier molecular flexibility index (Phi) is 4.65. The number of rotatable bonds is 6. The van der Waals surface area contributed by atoms with Crippen LogP contribution in [0.25, 0.3) is 0 Å². The molecule has 0 aliphatic heterocycles. The molecular formula is C10H14N2O4. The molecule has 0 spiro atoms. The molecule has 0 amide bonds. The van der Waals surface area contributed by atoms with Crippen molar-refractivity contribution in [3.63, 3.8) is 0 Å². The maximum absolute atomic E-state index is 10.5. The van der Waals surface area contributed by atoms with E-state index in [9.17, 15) is 4.79 Å². The predicted molar refractivity (Wildman–Crippen MR) is 55.3 cm³/mol. The van der Waals surface area contributed by atoms with Crippen molar-refractivity contribution in [2.45, 2.75) is 19.3 Å². The first-order valence-electron chi connectivity index (χ1n) is 4.88. The molecule has 0 aromatic carbocycles. The van der Waals surface area contributed by atoms with Gasteiger partial charge in [0.15, 0.2) is 0 Å². The molecule has 0 aliphatic carbocycles. The molecule has 1 aromatic heterocycles. The number of aryl methyl sites for hydroxylation is 1. The zero-order chi connectivity index (χ0) is 12.0. The van der Waals surface area contributed by atoms with Crippen LogP contribution in [0.4, 0.5) is 0 Å². The van der Waals surface area contributed by atoms with E-state index < -0.39 is 5.97 Å². The van der Waals surface area contributed by atoms with E-state index in [1.54, 1.807) is 0 Å². The summed E-state index contributed by atoms with van der Waals surface area (Å²) < 4.78 is 4.99. The molecule has 1 aromatic rings. The molecule has 0 fully saturated rings. The number of ether oxygens (including phenoxy) is 1. The zero-order valence-electron chi connectivity index (χ0n) is 9.01. The first-order valence-corrected chi connectivity index (χ1v) is 4.88. The molecule has 1 heterocycles. The summed E-state index contributed by atoms with van der Waals surface area (Å²) >= 11 is 0. The molecule has 0 saturated carbocycles. The monoisotopic (exact) mass is 226 g/mol.